The van der Waals surface area contributed by atoms with Crippen LogP contribution in [-0.4, -0.2) is 27.7 Å². The minimum atomic E-state index is -0.122. The molecular weight excluding hydrogens is 204 g/mol. The van der Waals surface area contributed by atoms with E-state index in [1.165, 1.54) is 6.33 Å². The number of nitrogens with two attached hydrogens (primary N) is 1. The zero-order valence-electron chi connectivity index (χ0n) is 9.48. The zero-order valence-corrected chi connectivity index (χ0v) is 9.48. The number of hydrogen-bond acceptors (Lipinski definition) is 5. The van der Waals surface area contributed by atoms with Gasteiger partial charge < -0.3 is 16.2 Å². The lowest BCUT2D eigenvalue weighted by Gasteiger charge is -2.13. The minimum absolute atomic E-state index is 0.122. The number of aliphatic hydroxyl groups excluding tert-OH is 1. The number of hydrogen-bond donors (Lipinski definition) is 3. The lowest BCUT2D eigenvalue weighted by molar-refractivity contribution is 0.178. The van der Waals surface area contributed by atoms with E-state index in [0.29, 0.717) is 11.7 Å². The van der Waals surface area contributed by atoms with Gasteiger partial charge in [0.1, 0.15) is 18.0 Å². The predicted molar refractivity (Wildman–Crippen MR) is 63.0 cm³/mol. The van der Waals surface area contributed by atoms with Crippen LogP contribution in [0.1, 0.15) is 24.8 Å². The summed E-state index contributed by atoms with van der Waals surface area (Å²) in [4.78, 5) is 8.07. The second kappa shape index (κ2) is 4.65. The number of nitrogens with one attached hydrogen (secondary N) is 1. The van der Waals surface area contributed by atoms with Crippen molar-refractivity contribution in [2.75, 3.05) is 17.6 Å². The van der Waals surface area contributed by atoms with Crippen molar-refractivity contribution in [3.8, 4) is 0 Å². The number of aliphatic hydroxyl groups is 1. The van der Waals surface area contributed by atoms with Gasteiger partial charge >= 0.3 is 0 Å². The second-order valence-corrected chi connectivity index (χ2v) is 4.45. The highest BCUT2D eigenvalue weighted by atomic mass is 16.3. The minimum Gasteiger partial charge on any atom is -0.393 e. The molecule has 0 bridgehead atoms. The normalized spacial score (nSPS) is 24.6. The molecule has 1 aromatic rings. The van der Waals surface area contributed by atoms with E-state index in [9.17, 15) is 5.11 Å². The van der Waals surface area contributed by atoms with Gasteiger partial charge in [-0.2, -0.15) is 0 Å². The van der Waals surface area contributed by atoms with E-state index in [0.717, 1.165) is 37.2 Å². The highest BCUT2D eigenvalue weighted by Crippen LogP contribution is 2.26. The number of anilines is 2. The van der Waals surface area contributed by atoms with Crippen molar-refractivity contribution >= 4 is 11.6 Å². The average Bonchev–Trinajstić information content (AvgIpc) is 2.67. The Morgan fingerprint density at radius 1 is 1.50 bits per heavy atom. The van der Waals surface area contributed by atoms with Crippen LogP contribution >= 0.6 is 0 Å². The first kappa shape index (κ1) is 11.1. The second-order valence-electron chi connectivity index (χ2n) is 4.45. The van der Waals surface area contributed by atoms with Crippen molar-refractivity contribution in [1.29, 1.82) is 0 Å². The molecule has 0 aromatic carbocycles. The van der Waals surface area contributed by atoms with Crippen molar-refractivity contribution < 1.29 is 5.11 Å². The Balaban J connectivity index is 1.92. The van der Waals surface area contributed by atoms with Gasteiger partial charge in [0.05, 0.1) is 6.10 Å². The Labute approximate surface area is 95.1 Å². The van der Waals surface area contributed by atoms with Crippen LogP contribution in [-0.2, 0) is 0 Å². The van der Waals surface area contributed by atoms with Gasteiger partial charge in [-0.3, -0.25) is 0 Å². The van der Waals surface area contributed by atoms with E-state index in [-0.39, 0.29) is 6.10 Å². The molecule has 16 heavy (non-hydrogen) atoms. The zero-order chi connectivity index (χ0) is 11.5. The number of rotatable bonds is 3. The largest absolute Gasteiger partial charge is 0.393 e. The van der Waals surface area contributed by atoms with Crippen molar-refractivity contribution in [2.45, 2.75) is 32.3 Å². The van der Waals surface area contributed by atoms with E-state index >= 15 is 0 Å². The fraction of sp³-hybridized carbons (Fsp3) is 0.636. The number of aromatic nitrogens is 2. The number of nitrogen functional groups attached to an aromatic ring is 1. The van der Waals surface area contributed by atoms with Gasteiger partial charge in [-0.15, -0.1) is 0 Å². The molecule has 4 N–H and O–H groups in total. The fourth-order valence-corrected chi connectivity index (χ4v) is 2.12. The van der Waals surface area contributed by atoms with Gasteiger partial charge in [0.25, 0.3) is 0 Å². The lowest BCUT2D eigenvalue weighted by atomic mass is 10.1. The van der Waals surface area contributed by atoms with Crippen LogP contribution in [0, 0.1) is 12.8 Å². The first-order valence-corrected chi connectivity index (χ1v) is 5.66. The van der Waals surface area contributed by atoms with Crippen molar-refractivity contribution in [3.05, 3.63) is 11.9 Å². The smallest absolute Gasteiger partial charge is 0.134 e. The van der Waals surface area contributed by atoms with Crippen LogP contribution < -0.4 is 11.1 Å². The van der Waals surface area contributed by atoms with Crippen LogP contribution in [0.2, 0.25) is 0 Å². The molecule has 0 radical (unpaired) electrons. The maximum absolute atomic E-state index is 9.42. The SMILES string of the molecule is Cc1c(N)ncnc1NCC1CCC(O)C1. The van der Waals surface area contributed by atoms with Crippen molar-refractivity contribution in [3.63, 3.8) is 0 Å². The highest BCUT2D eigenvalue weighted by Gasteiger charge is 2.22. The van der Waals surface area contributed by atoms with Gasteiger partial charge in [-0.25, -0.2) is 9.97 Å². The summed E-state index contributed by atoms with van der Waals surface area (Å²) in [6.45, 7) is 2.75. The maximum atomic E-state index is 9.42. The first-order valence-electron chi connectivity index (χ1n) is 5.66. The summed E-state index contributed by atoms with van der Waals surface area (Å²) in [6, 6.07) is 0. The Morgan fingerprint density at radius 3 is 3.00 bits per heavy atom. The summed E-state index contributed by atoms with van der Waals surface area (Å²) in [6.07, 6.45) is 4.22. The summed E-state index contributed by atoms with van der Waals surface area (Å²) in [7, 11) is 0. The summed E-state index contributed by atoms with van der Waals surface area (Å²) >= 11 is 0. The van der Waals surface area contributed by atoms with E-state index in [4.69, 9.17) is 5.73 Å². The van der Waals surface area contributed by atoms with Gasteiger partial charge in [0.2, 0.25) is 0 Å². The van der Waals surface area contributed by atoms with E-state index < -0.39 is 0 Å². The lowest BCUT2D eigenvalue weighted by Crippen LogP contribution is -2.14. The Bertz CT molecular complexity index is 369. The molecule has 1 heterocycles. The van der Waals surface area contributed by atoms with Crippen LogP contribution in [0.25, 0.3) is 0 Å². The van der Waals surface area contributed by atoms with Gasteiger partial charge in [-0.1, -0.05) is 0 Å². The van der Waals surface area contributed by atoms with E-state index in [1.807, 2.05) is 6.92 Å². The van der Waals surface area contributed by atoms with Gasteiger partial charge in [-0.05, 0) is 32.1 Å². The molecule has 1 aliphatic rings. The number of nitrogens with zero attached hydrogens (tertiary/aromatic N) is 2. The molecule has 0 saturated heterocycles. The molecule has 5 nitrogen and oxygen atoms in total. The topological polar surface area (TPSA) is 84.1 Å². The molecule has 2 atom stereocenters. The van der Waals surface area contributed by atoms with Crippen LogP contribution in [0.3, 0.4) is 0 Å². The molecule has 5 heteroatoms. The molecule has 0 amide bonds. The summed E-state index contributed by atoms with van der Waals surface area (Å²) in [5, 5.41) is 12.7. The van der Waals surface area contributed by atoms with Crippen molar-refractivity contribution in [2.24, 2.45) is 5.92 Å². The molecule has 0 aliphatic heterocycles. The van der Waals surface area contributed by atoms with Crippen LogP contribution in [0.4, 0.5) is 11.6 Å². The standard InChI is InChI=1S/C11H18N4O/c1-7-10(12)14-6-15-11(7)13-5-8-2-3-9(16)4-8/h6,8-9,16H,2-5H2,1H3,(H3,12,13,14,15). The first-order chi connectivity index (χ1) is 7.66. The monoisotopic (exact) mass is 222 g/mol. The molecule has 1 aliphatic carbocycles. The third-order valence-corrected chi connectivity index (χ3v) is 3.19. The summed E-state index contributed by atoms with van der Waals surface area (Å²) in [5.41, 5.74) is 6.59. The predicted octanol–water partition coefficient (Wildman–Crippen LogP) is 0.940. The Kier molecular flexibility index (Phi) is 3.24. The van der Waals surface area contributed by atoms with Gasteiger partial charge in [0.15, 0.2) is 0 Å². The molecule has 2 unspecified atom stereocenters. The van der Waals surface area contributed by atoms with Crippen molar-refractivity contribution in [1.82, 2.24) is 9.97 Å². The maximum Gasteiger partial charge on any atom is 0.134 e. The molecule has 1 aromatic heterocycles. The molecule has 1 fully saturated rings. The van der Waals surface area contributed by atoms with Crippen LogP contribution in [0.15, 0.2) is 6.33 Å². The fourth-order valence-electron chi connectivity index (χ4n) is 2.12. The van der Waals surface area contributed by atoms with Crippen LogP contribution in [0.5, 0.6) is 0 Å². The third-order valence-electron chi connectivity index (χ3n) is 3.19. The van der Waals surface area contributed by atoms with E-state index in [1.54, 1.807) is 0 Å². The highest BCUT2D eigenvalue weighted by molar-refractivity contribution is 5.53. The Hall–Kier alpha value is -1.36. The Morgan fingerprint density at radius 2 is 2.31 bits per heavy atom. The summed E-state index contributed by atoms with van der Waals surface area (Å²) < 4.78 is 0. The molecule has 2 rings (SSSR count). The molecular formula is C11H18N4O. The average molecular weight is 222 g/mol. The molecule has 0 spiro atoms. The van der Waals surface area contributed by atoms with E-state index in [2.05, 4.69) is 15.3 Å². The summed E-state index contributed by atoms with van der Waals surface area (Å²) in [5.74, 6) is 1.85. The van der Waals surface area contributed by atoms with Gasteiger partial charge in [0, 0.05) is 12.1 Å². The third kappa shape index (κ3) is 2.41. The molecule has 1 saturated carbocycles. The molecule has 88 valence electrons. The quantitative estimate of drug-likeness (QED) is 0.709.